The van der Waals surface area contributed by atoms with Gasteiger partial charge in [0.05, 0.1) is 12.3 Å². The van der Waals surface area contributed by atoms with Crippen LogP contribution in [0.15, 0.2) is 41.4 Å². The Morgan fingerprint density at radius 1 is 1.27 bits per heavy atom. The topological polar surface area (TPSA) is 62.3 Å². The van der Waals surface area contributed by atoms with E-state index in [0.29, 0.717) is 23.3 Å². The Kier molecular flexibility index (Phi) is 8.12. The van der Waals surface area contributed by atoms with E-state index in [1.165, 1.54) is 23.1 Å². The van der Waals surface area contributed by atoms with E-state index < -0.39 is 0 Å². The molecular formula is C19H25N3O2S2. The number of carbonyl (C=O) groups excluding carboxylic acids is 2. The molecule has 5 nitrogen and oxygen atoms in total. The molecule has 1 aromatic carbocycles. The van der Waals surface area contributed by atoms with Crippen LogP contribution in [-0.4, -0.2) is 40.5 Å². The first-order chi connectivity index (χ1) is 12.4. The lowest BCUT2D eigenvalue weighted by molar-refractivity contribution is -0.132. The summed E-state index contributed by atoms with van der Waals surface area (Å²) in [5.41, 5.74) is 0. The Morgan fingerprint density at radius 3 is 2.62 bits per heavy atom. The van der Waals surface area contributed by atoms with Crippen LogP contribution in [0.4, 0.5) is 5.13 Å². The number of benzene rings is 1. The fourth-order valence-electron chi connectivity index (χ4n) is 2.20. The van der Waals surface area contributed by atoms with Crippen LogP contribution < -0.4 is 5.32 Å². The van der Waals surface area contributed by atoms with Crippen molar-refractivity contribution in [2.45, 2.75) is 32.1 Å². The van der Waals surface area contributed by atoms with Gasteiger partial charge in [0.15, 0.2) is 5.13 Å². The minimum atomic E-state index is -0.207. The largest absolute Gasteiger partial charge is 0.333 e. The monoisotopic (exact) mass is 391 g/mol. The van der Waals surface area contributed by atoms with Crippen molar-refractivity contribution in [1.29, 1.82) is 0 Å². The maximum absolute atomic E-state index is 12.6. The number of aromatic nitrogens is 1. The van der Waals surface area contributed by atoms with Crippen molar-refractivity contribution in [3.63, 3.8) is 0 Å². The van der Waals surface area contributed by atoms with Gasteiger partial charge < -0.3 is 10.2 Å². The van der Waals surface area contributed by atoms with Crippen LogP contribution in [0, 0.1) is 12.8 Å². The molecule has 0 saturated carbocycles. The molecule has 26 heavy (non-hydrogen) atoms. The highest BCUT2D eigenvalue weighted by atomic mass is 32.2. The van der Waals surface area contributed by atoms with Gasteiger partial charge in [0.25, 0.3) is 0 Å². The zero-order chi connectivity index (χ0) is 18.9. The lowest BCUT2D eigenvalue weighted by Crippen LogP contribution is -2.40. The minimum absolute atomic E-state index is 0.0232. The van der Waals surface area contributed by atoms with E-state index in [9.17, 15) is 9.59 Å². The van der Waals surface area contributed by atoms with Gasteiger partial charge in [-0.1, -0.05) is 32.0 Å². The van der Waals surface area contributed by atoms with Gasteiger partial charge in [0, 0.05) is 22.5 Å². The van der Waals surface area contributed by atoms with Crippen molar-refractivity contribution in [2.75, 3.05) is 24.2 Å². The van der Waals surface area contributed by atoms with Crippen LogP contribution in [0.1, 0.15) is 25.1 Å². The second-order valence-corrected chi connectivity index (χ2v) is 8.71. The summed E-state index contributed by atoms with van der Waals surface area (Å²) in [6, 6.07) is 9.81. The lowest BCUT2D eigenvalue weighted by Gasteiger charge is -2.23. The summed E-state index contributed by atoms with van der Waals surface area (Å²) in [7, 11) is 0. The molecule has 0 aliphatic carbocycles. The highest BCUT2D eigenvalue weighted by Gasteiger charge is 2.18. The van der Waals surface area contributed by atoms with Crippen LogP contribution in [0.3, 0.4) is 0 Å². The van der Waals surface area contributed by atoms with Crippen LogP contribution in [-0.2, 0) is 9.59 Å². The number of nitrogens with zero attached hydrogens (tertiary/aromatic N) is 2. The van der Waals surface area contributed by atoms with E-state index in [2.05, 4.69) is 24.1 Å². The number of thiazole rings is 1. The molecule has 0 aliphatic heterocycles. The van der Waals surface area contributed by atoms with E-state index in [1.807, 2.05) is 37.3 Å². The van der Waals surface area contributed by atoms with Gasteiger partial charge >= 0.3 is 0 Å². The SMILES string of the molecule is Cc1cnc(NC(=O)CN(CCC(C)C)C(=O)CSc2ccccc2)s1. The molecule has 140 valence electrons. The van der Waals surface area contributed by atoms with E-state index in [4.69, 9.17) is 0 Å². The molecule has 1 N–H and O–H groups in total. The highest BCUT2D eigenvalue weighted by molar-refractivity contribution is 8.00. The van der Waals surface area contributed by atoms with Crippen LogP contribution in [0.25, 0.3) is 0 Å². The summed E-state index contributed by atoms with van der Waals surface area (Å²) in [4.78, 5) is 32.8. The number of rotatable bonds is 9. The number of hydrogen-bond donors (Lipinski definition) is 1. The molecule has 1 aromatic heterocycles. The number of anilines is 1. The molecule has 0 atom stereocenters. The number of aryl methyl sites for hydroxylation is 1. The van der Waals surface area contributed by atoms with Gasteiger partial charge in [-0.05, 0) is 31.4 Å². The van der Waals surface area contributed by atoms with Gasteiger partial charge in [-0.3, -0.25) is 9.59 Å². The second-order valence-electron chi connectivity index (χ2n) is 6.42. The average Bonchev–Trinajstić information content (AvgIpc) is 3.01. The molecule has 1 heterocycles. The normalized spacial score (nSPS) is 10.8. The first-order valence-corrected chi connectivity index (χ1v) is 10.4. The molecule has 2 amide bonds. The number of nitrogens with one attached hydrogen (secondary N) is 1. The van der Waals surface area contributed by atoms with E-state index in [0.717, 1.165) is 16.2 Å². The van der Waals surface area contributed by atoms with Gasteiger partial charge in [-0.25, -0.2) is 4.98 Å². The standard InChI is InChI=1S/C19H25N3O2S2/c1-14(2)9-10-22(12-17(23)21-19-20-11-15(3)26-19)18(24)13-25-16-7-5-4-6-8-16/h4-8,11,14H,9-10,12-13H2,1-3H3,(H,20,21,23). The van der Waals surface area contributed by atoms with E-state index >= 15 is 0 Å². The summed E-state index contributed by atoms with van der Waals surface area (Å²) < 4.78 is 0. The molecule has 2 rings (SSSR count). The Labute approximate surface area is 163 Å². The quantitative estimate of drug-likeness (QED) is 0.655. The smallest absolute Gasteiger partial charge is 0.245 e. The molecule has 0 aliphatic rings. The van der Waals surface area contributed by atoms with Crippen molar-refractivity contribution >= 4 is 40.0 Å². The summed E-state index contributed by atoms with van der Waals surface area (Å²) in [6.07, 6.45) is 2.59. The van der Waals surface area contributed by atoms with Crippen LogP contribution >= 0.6 is 23.1 Å². The Balaban J connectivity index is 1.92. The summed E-state index contributed by atoms with van der Waals surface area (Å²) in [5, 5.41) is 3.35. The third kappa shape index (κ3) is 7.17. The van der Waals surface area contributed by atoms with Crippen molar-refractivity contribution < 1.29 is 9.59 Å². The fourth-order valence-corrected chi connectivity index (χ4v) is 3.71. The maximum atomic E-state index is 12.6. The third-order valence-corrected chi connectivity index (χ3v) is 5.46. The Hall–Kier alpha value is -1.86. The molecule has 7 heteroatoms. The summed E-state index contributed by atoms with van der Waals surface area (Å²) in [5.74, 6) is 0.564. The molecule has 0 saturated heterocycles. The zero-order valence-electron chi connectivity index (χ0n) is 15.4. The summed E-state index contributed by atoms with van der Waals surface area (Å²) in [6.45, 7) is 6.79. The molecule has 0 radical (unpaired) electrons. The first kappa shape index (κ1) is 20.5. The van der Waals surface area contributed by atoms with E-state index in [1.54, 1.807) is 11.1 Å². The van der Waals surface area contributed by atoms with Crippen LogP contribution in [0.2, 0.25) is 0 Å². The average molecular weight is 392 g/mol. The van der Waals surface area contributed by atoms with Crippen molar-refractivity contribution in [3.8, 4) is 0 Å². The molecular weight excluding hydrogens is 366 g/mol. The Morgan fingerprint density at radius 2 is 2.00 bits per heavy atom. The number of carbonyl (C=O) groups is 2. The van der Waals surface area contributed by atoms with E-state index in [-0.39, 0.29) is 18.4 Å². The van der Waals surface area contributed by atoms with Crippen molar-refractivity contribution in [3.05, 3.63) is 41.4 Å². The third-order valence-electron chi connectivity index (χ3n) is 3.64. The zero-order valence-corrected chi connectivity index (χ0v) is 17.0. The van der Waals surface area contributed by atoms with Gasteiger partial charge in [-0.15, -0.1) is 23.1 Å². The molecule has 2 aromatic rings. The molecule has 0 fully saturated rings. The van der Waals surface area contributed by atoms with Gasteiger partial charge in [0.2, 0.25) is 11.8 Å². The van der Waals surface area contributed by atoms with Gasteiger partial charge in [0.1, 0.15) is 0 Å². The minimum Gasteiger partial charge on any atom is -0.333 e. The summed E-state index contributed by atoms with van der Waals surface area (Å²) >= 11 is 2.92. The number of hydrogen-bond acceptors (Lipinski definition) is 5. The first-order valence-electron chi connectivity index (χ1n) is 8.62. The van der Waals surface area contributed by atoms with Crippen molar-refractivity contribution in [1.82, 2.24) is 9.88 Å². The van der Waals surface area contributed by atoms with Gasteiger partial charge in [-0.2, -0.15) is 0 Å². The maximum Gasteiger partial charge on any atom is 0.245 e. The molecule has 0 unspecified atom stereocenters. The number of amides is 2. The Bertz CT molecular complexity index is 717. The lowest BCUT2D eigenvalue weighted by atomic mass is 10.1. The van der Waals surface area contributed by atoms with Crippen molar-refractivity contribution in [2.24, 2.45) is 5.92 Å². The molecule has 0 spiro atoms. The predicted molar refractivity (Wildman–Crippen MR) is 109 cm³/mol. The predicted octanol–water partition coefficient (Wildman–Crippen LogP) is 4.06. The molecule has 0 bridgehead atoms. The second kappa shape index (κ2) is 10.3. The highest BCUT2D eigenvalue weighted by Crippen LogP contribution is 2.19. The van der Waals surface area contributed by atoms with Crippen LogP contribution in [0.5, 0.6) is 0 Å². The fraction of sp³-hybridized carbons (Fsp3) is 0.421. The number of thioether (sulfide) groups is 1.